The zero-order chi connectivity index (χ0) is 19.8. The Hall–Kier alpha value is -1.97. The number of hydrogen-bond acceptors (Lipinski definition) is 6. The number of halogens is 2. The molecule has 2 aliphatic rings. The van der Waals surface area contributed by atoms with Crippen molar-refractivity contribution < 1.29 is 23.8 Å². The van der Waals surface area contributed by atoms with Gasteiger partial charge in [0.2, 0.25) is 6.79 Å². The average molecular weight is 527 g/mol. The first-order chi connectivity index (χ1) is 13.4. The predicted molar refractivity (Wildman–Crippen MR) is 112 cm³/mol. The van der Waals surface area contributed by atoms with Gasteiger partial charge in [0.1, 0.15) is 12.4 Å². The summed E-state index contributed by atoms with van der Waals surface area (Å²) in [6.07, 6.45) is 1.69. The van der Waals surface area contributed by atoms with Crippen LogP contribution >= 0.6 is 43.6 Å². The van der Waals surface area contributed by atoms with Crippen LogP contribution in [0.3, 0.4) is 0 Å². The van der Waals surface area contributed by atoms with E-state index in [1.807, 2.05) is 30.3 Å². The molecule has 1 saturated heterocycles. The molecule has 0 saturated carbocycles. The number of imide groups is 1. The van der Waals surface area contributed by atoms with Crippen molar-refractivity contribution in [2.24, 2.45) is 0 Å². The van der Waals surface area contributed by atoms with E-state index in [0.717, 1.165) is 42.5 Å². The Bertz CT molecular complexity index is 1000. The Morgan fingerprint density at radius 1 is 1.14 bits per heavy atom. The standard InChI is InChI=1S/C19H13Br2NO5S/c1-22-18(23)16(28-19(22)24)7-11-4-12(20)17(13(21)5-11)25-8-10-2-3-14-15(6-10)27-9-26-14/h2-7H,8-9H2,1H3/b16-7-. The van der Waals surface area contributed by atoms with Gasteiger partial charge in [0.05, 0.1) is 13.9 Å². The molecule has 9 heteroatoms. The summed E-state index contributed by atoms with van der Waals surface area (Å²) in [5.74, 6) is 1.77. The van der Waals surface area contributed by atoms with Crippen molar-refractivity contribution in [1.82, 2.24) is 4.90 Å². The normalized spacial score (nSPS) is 17.0. The fourth-order valence-corrected chi connectivity index (χ4v) is 4.96. The van der Waals surface area contributed by atoms with E-state index in [0.29, 0.717) is 23.0 Å². The highest BCUT2D eigenvalue weighted by molar-refractivity contribution is 9.11. The van der Waals surface area contributed by atoms with Gasteiger partial charge < -0.3 is 14.2 Å². The van der Waals surface area contributed by atoms with E-state index in [1.165, 1.54) is 7.05 Å². The predicted octanol–water partition coefficient (Wildman–Crippen LogP) is 5.19. The van der Waals surface area contributed by atoms with Crippen molar-refractivity contribution in [2.75, 3.05) is 13.8 Å². The van der Waals surface area contributed by atoms with Gasteiger partial charge in [-0.15, -0.1) is 0 Å². The minimum absolute atomic E-state index is 0.232. The molecule has 1 fully saturated rings. The summed E-state index contributed by atoms with van der Waals surface area (Å²) in [6.45, 7) is 0.581. The third-order valence-electron chi connectivity index (χ3n) is 4.13. The lowest BCUT2D eigenvalue weighted by atomic mass is 10.2. The van der Waals surface area contributed by atoms with Crippen LogP contribution in [0.15, 0.2) is 44.2 Å². The molecule has 0 atom stereocenters. The fraction of sp³-hybridized carbons (Fsp3) is 0.158. The Morgan fingerprint density at radius 3 is 2.54 bits per heavy atom. The van der Waals surface area contributed by atoms with Crippen LogP contribution in [0.4, 0.5) is 4.79 Å². The topological polar surface area (TPSA) is 65.1 Å². The highest BCUT2D eigenvalue weighted by atomic mass is 79.9. The van der Waals surface area contributed by atoms with Gasteiger partial charge >= 0.3 is 0 Å². The van der Waals surface area contributed by atoms with Crippen molar-refractivity contribution in [2.45, 2.75) is 6.61 Å². The molecule has 0 unspecified atom stereocenters. The summed E-state index contributed by atoms with van der Waals surface area (Å²) >= 11 is 7.95. The van der Waals surface area contributed by atoms with Crippen molar-refractivity contribution >= 4 is 60.8 Å². The highest BCUT2D eigenvalue weighted by Crippen LogP contribution is 2.38. The van der Waals surface area contributed by atoms with Gasteiger partial charge in [-0.05, 0) is 85.1 Å². The summed E-state index contributed by atoms with van der Waals surface area (Å²) in [7, 11) is 1.47. The van der Waals surface area contributed by atoms with Gasteiger partial charge in [0.15, 0.2) is 11.5 Å². The molecule has 0 N–H and O–H groups in total. The van der Waals surface area contributed by atoms with Gasteiger partial charge in [-0.3, -0.25) is 14.5 Å². The summed E-state index contributed by atoms with van der Waals surface area (Å²) in [4.78, 5) is 25.2. The van der Waals surface area contributed by atoms with Crippen LogP contribution in [0, 0.1) is 0 Å². The lowest BCUT2D eigenvalue weighted by Gasteiger charge is -2.12. The smallest absolute Gasteiger partial charge is 0.293 e. The van der Waals surface area contributed by atoms with Gasteiger partial charge in [-0.2, -0.15) is 0 Å². The van der Waals surface area contributed by atoms with Gasteiger partial charge in [0, 0.05) is 7.05 Å². The molecular formula is C19H13Br2NO5S. The number of ether oxygens (including phenoxy) is 3. The van der Waals surface area contributed by atoms with E-state index < -0.39 is 0 Å². The minimum Gasteiger partial charge on any atom is -0.487 e. The fourth-order valence-electron chi connectivity index (χ4n) is 2.68. The Kier molecular flexibility index (Phi) is 5.39. The van der Waals surface area contributed by atoms with Crippen LogP contribution in [-0.2, 0) is 11.4 Å². The number of hydrogen-bond donors (Lipinski definition) is 0. The first-order valence-electron chi connectivity index (χ1n) is 8.14. The summed E-state index contributed by atoms with van der Waals surface area (Å²) in [5, 5.41) is -0.280. The van der Waals surface area contributed by atoms with Crippen molar-refractivity contribution in [3.63, 3.8) is 0 Å². The largest absolute Gasteiger partial charge is 0.487 e. The number of carbonyl (C=O) groups excluding carboxylic acids is 2. The molecule has 2 aliphatic heterocycles. The Labute approximate surface area is 182 Å². The van der Waals surface area contributed by atoms with Crippen LogP contribution < -0.4 is 14.2 Å². The molecule has 0 aliphatic carbocycles. The van der Waals surface area contributed by atoms with E-state index in [2.05, 4.69) is 31.9 Å². The molecule has 4 rings (SSSR count). The Balaban J connectivity index is 1.52. The monoisotopic (exact) mass is 525 g/mol. The number of thioether (sulfide) groups is 1. The first-order valence-corrected chi connectivity index (χ1v) is 10.5. The van der Waals surface area contributed by atoms with Crippen molar-refractivity contribution in [3.05, 3.63) is 55.3 Å². The zero-order valence-electron chi connectivity index (χ0n) is 14.5. The second-order valence-corrected chi connectivity index (χ2v) is 8.73. The molecule has 28 heavy (non-hydrogen) atoms. The summed E-state index contributed by atoms with van der Waals surface area (Å²) in [5.41, 5.74) is 1.72. The minimum atomic E-state index is -0.301. The SMILES string of the molecule is CN1C(=O)S/C(=C\c2cc(Br)c(OCc3ccc4c(c3)OCO4)c(Br)c2)C1=O. The van der Waals surface area contributed by atoms with E-state index in [9.17, 15) is 9.59 Å². The third-order valence-corrected chi connectivity index (χ3v) is 6.26. The summed E-state index contributed by atoms with van der Waals surface area (Å²) < 4.78 is 18.1. The molecular weight excluding hydrogens is 514 g/mol. The number of amides is 2. The number of fused-ring (bicyclic) bond motifs is 1. The van der Waals surface area contributed by atoms with Crippen LogP contribution in [0.2, 0.25) is 0 Å². The molecule has 6 nitrogen and oxygen atoms in total. The second kappa shape index (κ2) is 7.81. The molecule has 0 radical (unpaired) electrons. The van der Waals surface area contributed by atoms with Crippen LogP contribution in [0.5, 0.6) is 17.2 Å². The molecule has 2 aromatic rings. The molecule has 2 heterocycles. The quantitative estimate of drug-likeness (QED) is 0.511. The molecule has 0 aromatic heterocycles. The third kappa shape index (κ3) is 3.78. The van der Waals surface area contributed by atoms with Crippen LogP contribution in [0.1, 0.15) is 11.1 Å². The van der Waals surface area contributed by atoms with E-state index >= 15 is 0 Å². The number of likely N-dealkylation sites (N-methyl/N-ethyl adjacent to an activating group) is 1. The molecule has 144 valence electrons. The number of carbonyl (C=O) groups is 2. The molecule has 2 amide bonds. The van der Waals surface area contributed by atoms with E-state index in [4.69, 9.17) is 14.2 Å². The maximum atomic E-state index is 12.0. The van der Waals surface area contributed by atoms with Crippen molar-refractivity contribution in [3.8, 4) is 17.2 Å². The summed E-state index contributed by atoms with van der Waals surface area (Å²) in [6, 6.07) is 9.34. The average Bonchev–Trinajstić information content (AvgIpc) is 3.21. The maximum absolute atomic E-state index is 12.0. The molecule has 0 bridgehead atoms. The maximum Gasteiger partial charge on any atom is 0.293 e. The highest BCUT2D eigenvalue weighted by Gasteiger charge is 2.31. The molecule has 2 aromatic carbocycles. The lowest BCUT2D eigenvalue weighted by Crippen LogP contribution is -2.22. The van der Waals surface area contributed by atoms with Crippen LogP contribution in [0.25, 0.3) is 6.08 Å². The van der Waals surface area contributed by atoms with E-state index in [1.54, 1.807) is 6.08 Å². The Morgan fingerprint density at radius 2 is 1.86 bits per heavy atom. The lowest BCUT2D eigenvalue weighted by molar-refractivity contribution is -0.121. The number of nitrogens with zero attached hydrogens (tertiary/aromatic N) is 1. The number of rotatable bonds is 4. The van der Waals surface area contributed by atoms with E-state index in [-0.39, 0.29) is 17.9 Å². The van der Waals surface area contributed by atoms with Crippen molar-refractivity contribution in [1.29, 1.82) is 0 Å². The molecule has 0 spiro atoms. The van der Waals surface area contributed by atoms with Gasteiger partial charge in [-0.25, -0.2) is 0 Å². The number of benzene rings is 2. The van der Waals surface area contributed by atoms with Gasteiger partial charge in [-0.1, -0.05) is 6.07 Å². The van der Waals surface area contributed by atoms with Crippen LogP contribution in [-0.4, -0.2) is 29.9 Å². The second-order valence-electron chi connectivity index (χ2n) is 6.03. The van der Waals surface area contributed by atoms with Gasteiger partial charge in [0.25, 0.3) is 11.1 Å². The first kappa shape index (κ1) is 19.4. The zero-order valence-corrected chi connectivity index (χ0v) is 18.5.